The van der Waals surface area contributed by atoms with Gasteiger partial charge in [-0.2, -0.15) is 0 Å². The average molecular weight is 542 g/mol. The van der Waals surface area contributed by atoms with E-state index >= 15 is 0 Å². The summed E-state index contributed by atoms with van der Waals surface area (Å²) in [6, 6.07) is 17.1. The van der Waals surface area contributed by atoms with E-state index < -0.39 is 23.7 Å². The number of carbonyl (C=O) groups is 2. The lowest BCUT2D eigenvalue weighted by atomic mass is 10.1. The van der Waals surface area contributed by atoms with E-state index in [9.17, 15) is 14.0 Å². The predicted molar refractivity (Wildman–Crippen MR) is 145 cm³/mol. The minimum absolute atomic E-state index is 0.0125. The van der Waals surface area contributed by atoms with Crippen LogP contribution in [-0.4, -0.2) is 41.6 Å². The normalized spacial score (nSPS) is 15.2. The molecule has 0 spiro atoms. The van der Waals surface area contributed by atoms with Gasteiger partial charge in [-0.1, -0.05) is 29.8 Å². The van der Waals surface area contributed by atoms with E-state index in [1.165, 1.54) is 18.1 Å². The van der Waals surface area contributed by atoms with Crippen molar-refractivity contribution in [1.82, 2.24) is 4.90 Å². The summed E-state index contributed by atoms with van der Waals surface area (Å²) in [7, 11) is 1.49. The Morgan fingerprint density at radius 3 is 2.51 bits per heavy atom. The number of hydrogen-bond acceptors (Lipinski definition) is 5. The van der Waals surface area contributed by atoms with Gasteiger partial charge in [0, 0.05) is 17.8 Å². The number of benzene rings is 3. The molecule has 37 heavy (non-hydrogen) atoms. The van der Waals surface area contributed by atoms with E-state index in [2.05, 4.69) is 5.32 Å². The molecule has 3 aromatic carbocycles. The Hall–Kier alpha value is -3.69. The highest BCUT2D eigenvalue weighted by Crippen LogP contribution is 2.34. The zero-order chi connectivity index (χ0) is 26.5. The van der Waals surface area contributed by atoms with Crippen molar-refractivity contribution in [1.29, 1.82) is 0 Å². The number of amides is 2. The van der Waals surface area contributed by atoms with Crippen molar-refractivity contribution in [2.45, 2.75) is 25.9 Å². The van der Waals surface area contributed by atoms with Crippen LogP contribution in [0.15, 0.2) is 66.7 Å². The number of nitrogens with one attached hydrogen (secondary N) is 1. The largest absolute Gasteiger partial charge is 0.495 e. The number of hydrogen-bond donors (Lipinski definition) is 1. The van der Waals surface area contributed by atoms with Crippen LogP contribution in [-0.2, 0) is 16.1 Å². The zero-order valence-electron chi connectivity index (χ0n) is 20.2. The minimum Gasteiger partial charge on any atom is -0.495 e. The average Bonchev–Trinajstić information content (AvgIpc) is 3.10. The first-order chi connectivity index (χ1) is 17.8. The molecule has 4 rings (SSSR count). The standard InChI is InChI=1S/C27H25ClFN3O4S/c1-3-36-20-11-8-18(9-12-20)30-25(33)15-23-26(34)32(19-10-13-24(35-2)21(28)14-19)27(37)31(23)16-17-6-4-5-7-22(17)29/h4-14,23H,3,15-16H2,1-2H3,(H,30,33)/t23-/m1/s1. The number of carbonyl (C=O) groups excluding carboxylic acids is 2. The van der Waals surface area contributed by atoms with Gasteiger partial charge in [-0.3, -0.25) is 14.5 Å². The molecule has 192 valence electrons. The van der Waals surface area contributed by atoms with Crippen molar-refractivity contribution in [2.75, 3.05) is 23.9 Å². The Morgan fingerprint density at radius 1 is 1.14 bits per heavy atom. The van der Waals surface area contributed by atoms with E-state index in [1.807, 2.05) is 6.92 Å². The Balaban J connectivity index is 1.60. The van der Waals surface area contributed by atoms with Crippen molar-refractivity contribution in [2.24, 2.45) is 0 Å². The molecule has 7 nitrogen and oxygen atoms in total. The summed E-state index contributed by atoms with van der Waals surface area (Å²) in [4.78, 5) is 29.5. The number of anilines is 2. The van der Waals surface area contributed by atoms with E-state index in [-0.39, 0.29) is 18.1 Å². The van der Waals surface area contributed by atoms with Gasteiger partial charge in [0.2, 0.25) is 5.91 Å². The molecule has 1 saturated heterocycles. The molecule has 1 heterocycles. The van der Waals surface area contributed by atoms with Crippen LogP contribution < -0.4 is 19.7 Å². The lowest BCUT2D eigenvalue weighted by Crippen LogP contribution is -2.37. The third-order valence-electron chi connectivity index (χ3n) is 5.84. The summed E-state index contributed by atoms with van der Waals surface area (Å²) in [5.41, 5.74) is 1.33. The number of nitrogens with zero attached hydrogens (tertiary/aromatic N) is 2. The number of methoxy groups -OCH3 is 1. The fourth-order valence-corrected chi connectivity index (χ4v) is 4.68. The maximum absolute atomic E-state index is 14.5. The lowest BCUT2D eigenvalue weighted by Gasteiger charge is -2.24. The third-order valence-corrected chi connectivity index (χ3v) is 6.55. The van der Waals surface area contributed by atoms with Gasteiger partial charge in [0.05, 0.1) is 30.8 Å². The lowest BCUT2D eigenvalue weighted by molar-refractivity contribution is -0.124. The second-order valence-corrected chi connectivity index (χ2v) is 8.99. The van der Waals surface area contributed by atoms with Crippen LogP contribution in [0.1, 0.15) is 18.9 Å². The second kappa shape index (κ2) is 11.6. The van der Waals surface area contributed by atoms with E-state index in [0.29, 0.717) is 40.1 Å². The first kappa shape index (κ1) is 26.4. The molecule has 0 bridgehead atoms. The molecule has 1 atom stereocenters. The van der Waals surface area contributed by atoms with Crippen LogP contribution in [0.2, 0.25) is 5.02 Å². The number of halogens is 2. The summed E-state index contributed by atoms with van der Waals surface area (Å²) in [5.74, 6) is -0.108. The maximum Gasteiger partial charge on any atom is 0.256 e. The van der Waals surface area contributed by atoms with Gasteiger partial charge >= 0.3 is 0 Å². The molecule has 1 aliphatic rings. The van der Waals surface area contributed by atoms with Crippen LogP contribution in [0, 0.1) is 5.82 Å². The smallest absolute Gasteiger partial charge is 0.256 e. The molecule has 0 aliphatic carbocycles. The molecule has 1 N–H and O–H groups in total. The first-order valence-corrected chi connectivity index (χ1v) is 12.3. The molecular weight excluding hydrogens is 517 g/mol. The van der Waals surface area contributed by atoms with Crippen LogP contribution in [0.5, 0.6) is 11.5 Å². The molecule has 10 heteroatoms. The van der Waals surface area contributed by atoms with E-state index in [1.54, 1.807) is 65.6 Å². The Morgan fingerprint density at radius 2 is 1.86 bits per heavy atom. The summed E-state index contributed by atoms with van der Waals surface area (Å²) in [5, 5.41) is 3.25. The first-order valence-electron chi connectivity index (χ1n) is 11.6. The highest BCUT2D eigenvalue weighted by atomic mass is 35.5. The van der Waals surface area contributed by atoms with Gasteiger partial charge in [-0.05, 0) is 67.7 Å². The van der Waals surface area contributed by atoms with Crippen molar-refractivity contribution < 1.29 is 23.5 Å². The predicted octanol–water partition coefficient (Wildman–Crippen LogP) is 5.42. The quantitative estimate of drug-likeness (QED) is 0.365. The number of thiocarbonyl (C=S) groups is 1. The van der Waals surface area contributed by atoms with Crippen molar-refractivity contribution in [3.05, 3.63) is 83.1 Å². The van der Waals surface area contributed by atoms with Gasteiger partial charge in [-0.15, -0.1) is 0 Å². The fraction of sp³-hybridized carbons (Fsp3) is 0.222. The van der Waals surface area contributed by atoms with Gasteiger partial charge in [0.1, 0.15) is 23.4 Å². The van der Waals surface area contributed by atoms with Gasteiger partial charge in [0.25, 0.3) is 5.91 Å². The molecule has 0 saturated carbocycles. The van der Waals surface area contributed by atoms with Crippen LogP contribution in [0.4, 0.5) is 15.8 Å². The summed E-state index contributed by atoms with van der Waals surface area (Å²) in [6.45, 7) is 2.43. The zero-order valence-corrected chi connectivity index (χ0v) is 21.8. The summed E-state index contributed by atoms with van der Waals surface area (Å²) < 4.78 is 25.1. The molecule has 3 aromatic rings. The topological polar surface area (TPSA) is 71.1 Å². The molecule has 0 radical (unpaired) electrons. The van der Waals surface area contributed by atoms with Gasteiger partial charge in [-0.25, -0.2) is 4.39 Å². The Kier molecular flexibility index (Phi) is 8.25. The molecule has 2 amide bonds. The van der Waals surface area contributed by atoms with Crippen LogP contribution >= 0.6 is 23.8 Å². The monoisotopic (exact) mass is 541 g/mol. The Bertz CT molecular complexity index is 1320. The maximum atomic E-state index is 14.5. The second-order valence-electron chi connectivity index (χ2n) is 8.22. The fourth-order valence-electron chi connectivity index (χ4n) is 4.04. The Labute approximate surface area is 224 Å². The number of ether oxygens (including phenoxy) is 2. The molecule has 0 aromatic heterocycles. The van der Waals surface area contributed by atoms with E-state index in [4.69, 9.17) is 33.3 Å². The molecule has 0 unspecified atom stereocenters. The highest BCUT2D eigenvalue weighted by Gasteiger charge is 2.44. The molecule has 1 aliphatic heterocycles. The van der Waals surface area contributed by atoms with Crippen LogP contribution in [0.3, 0.4) is 0 Å². The molecular formula is C27H25ClFN3O4S. The SMILES string of the molecule is CCOc1ccc(NC(=O)C[C@@H]2C(=O)N(c3ccc(OC)c(Cl)c3)C(=S)N2Cc2ccccc2F)cc1. The van der Waals surface area contributed by atoms with Gasteiger partial charge < -0.3 is 19.7 Å². The molecule has 1 fully saturated rings. The highest BCUT2D eigenvalue weighted by molar-refractivity contribution is 7.80. The number of rotatable bonds is 9. The third kappa shape index (κ3) is 5.84. The van der Waals surface area contributed by atoms with Crippen molar-refractivity contribution in [3.63, 3.8) is 0 Å². The minimum atomic E-state index is -0.948. The van der Waals surface area contributed by atoms with Crippen molar-refractivity contribution >= 4 is 52.1 Å². The summed E-state index contributed by atoms with van der Waals surface area (Å²) >= 11 is 11.9. The summed E-state index contributed by atoms with van der Waals surface area (Å²) in [6.07, 6.45) is -0.193. The van der Waals surface area contributed by atoms with Crippen molar-refractivity contribution in [3.8, 4) is 11.5 Å². The van der Waals surface area contributed by atoms with Gasteiger partial charge in [0.15, 0.2) is 5.11 Å². The van der Waals surface area contributed by atoms with E-state index in [0.717, 1.165) is 0 Å². The van der Waals surface area contributed by atoms with Crippen LogP contribution in [0.25, 0.3) is 0 Å².